The zero-order valence-electron chi connectivity index (χ0n) is 35.0. The largest absolute Gasteiger partial charge is 0.472 e. The Kier molecular flexibility index (Phi) is 39.2. The van der Waals surface area contributed by atoms with Gasteiger partial charge < -0.3 is 18.9 Å². The van der Waals surface area contributed by atoms with Crippen molar-refractivity contribution in [2.45, 2.75) is 174 Å². The molecule has 0 spiro atoms. The average Bonchev–Trinajstić information content (AvgIpc) is 3.12. The van der Waals surface area contributed by atoms with Crippen molar-refractivity contribution in [3.05, 3.63) is 0 Å². The second kappa shape index (κ2) is 38.9. The third-order valence-electron chi connectivity index (χ3n) is 8.71. The number of unbranched alkanes of at least 4 members (excludes halogenated alkanes) is 18. The molecule has 0 aliphatic heterocycles. The Morgan fingerprint density at radius 3 is 1.37 bits per heavy atom. The summed E-state index contributed by atoms with van der Waals surface area (Å²) in [7, 11) is 9.20. The Bertz CT molecular complexity index is 916. The van der Waals surface area contributed by atoms with Gasteiger partial charge in [-0.3, -0.25) is 18.6 Å². The van der Waals surface area contributed by atoms with Crippen LogP contribution in [0.3, 0.4) is 0 Å². The van der Waals surface area contributed by atoms with Crippen molar-refractivity contribution in [2.75, 3.05) is 70.5 Å². The molecular weight excluding hydrogens is 782 g/mol. The maximum atomic E-state index is 12.7. The number of carbonyl (C=O) groups excluding carboxylic acids is 2. The molecule has 322 valence electrons. The van der Waals surface area contributed by atoms with E-state index in [9.17, 15) is 19.0 Å². The molecule has 0 aromatic carbocycles. The molecule has 0 aromatic heterocycles. The molecular formula is C40H81NO8PS4+. The first-order chi connectivity index (χ1) is 26.0. The molecule has 0 amide bonds. The molecule has 2 atom stereocenters. The minimum atomic E-state index is -4.37. The molecule has 0 aliphatic rings. The van der Waals surface area contributed by atoms with E-state index >= 15 is 0 Å². The Hall–Kier alpha value is 0.410. The molecule has 0 saturated heterocycles. The monoisotopic (exact) mass is 862 g/mol. The van der Waals surface area contributed by atoms with Gasteiger partial charge in [-0.25, -0.2) is 4.57 Å². The Morgan fingerprint density at radius 2 is 0.944 bits per heavy atom. The number of hydrogen-bond donors (Lipinski definition) is 1. The first kappa shape index (κ1) is 54.4. The van der Waals surface area contributed by atoms with Crippen LogP contribution in [0.1, 0.15) is 168 Å². The molecule has 0 aliphatic carbocycles. The van der Waals surface area contributed by atoms with Crippen molar-refractivity contribution in [3.63, 3.8) is 0 Å². The van der Waals surface area contributed by atoms with Crippen LogP contribution in [-0.4, -0.2) is 97.9 Å². The van der Waals surface area contributed by atoms with Crippen molar-refractivity contribution in [1.29, 1.82) is 0 Å². The fraction of sp³-hybridized carbons (Fsp3) is 0.950. The van der Waals surface area contributed by atoms with Gasteiger partial charge in [0.15, 0.2) is 6.10 Å². The van der Waals surface area contributed by atoms with E-state index < -0.39 is 26.5 Å². The van der Waals surface area contributed by atoms with Crippen LogP contribution in [-0.2, 0) is 32.7 Å². The van der Waals surface area contributed by atoms with E-state index in [1.807, 2.05) is 64.3 Å². The number of phosphoric ester groups is 1. The zero-order chi connectivity index (χ0) is 40.0. The summed E-state index contributed by atoms with van der Waals surface area (Å²) in [4.78, 5) is 35.3. The van der Waals surface area contributed by atoms with Gasteiger partial charge in [0.1, 0.15) is 19.8 Å². The molecule has 14 heteroatoms. The fourth-order valence-electron chi connectivity index (χ4n) is 5.30. The van der Waals surface area contributed by atoms with Gasteiger partial charge >= 0.3 is 19.8 Å². The molecule has 1 N–H and O–H groups in total. The second-order valence-electron chi connectivity index (χ2n) is 15.3. The number of phosphoric acid groups is 1. The third kappa shape index (κ3) is 42.0. The number of quaternary nitrogens is 1. The van der Waals surface area contributed by atoms with Crippen molar-refractivity contribution in [1.82, 2.24) is 0 Å². The minimum Gasteiger partial charge on any atom is -0.462 e. The standard InChI is InChI=1S/C40H80NO8PS4/c1-6-8-10-12-14-16-18-24-32-51-53-34-26-20-22-28-39(42)46-36-38(37-48-50(44,45)47-31-30-41(3,4)5)49-40(43)29-23-21-27-35-54-52-33-25-19-17-15-13-11-9-7-2/h38H,6-37H2,1-5H3/p+1. The van der Waals surface area contributed by atoms with Crippen LogP contribution in [0.5, 0.6) is 0 Å². The number of carbonyl (C=O) groups is 2. The van der Waals surface area contributed by atoms with Crippen LogP contribution in [0.25, 0.3) is 0 Å². The van der Waals surface area contributed by atoms with Crippen molar-refractivity contribution < 1.29 is 42.1 Å². The van der Waals surface area contributed by atoms with E-state index in [0.717, 1.165) is 43.6 Å². The maximum absolute atomic E-state index is 12.7. The van der Waals surface area contributed by atoms with Crippen molar-refractivity contribution in [3.8, 4) is 0 Å². The molecule has 0 heterocycles. The van der Waals surface area contributed by atoms with Gasteiger partial charge in [0.25, 0.3) is 0 Å². The summed E-state index contributed by atoms with van der Waals surface area (Å²) < 4.78 is 34.3. The first-order valence-electron chi connectivity index (χ1n) is 21.2. The first-order valence-corrected chi connectivity index (χ1v) is 27.7. The summed E-state index contributed by atoms with van der Waals surface area (Å²) in [5.41, 5.74) is 0. The lowest BCUT2D eigenvalue weighted by atomic mass is 10.1. The Morgan fingerprint density at radius 1 is 0.556 bits per heavy atom. The van der Waals surface area contributed by atoms with E-state index in [1.165, 1.54) is 114 Å². The van der Waals surface area contributed by atoms with E-state index in [1.54, 1.807) is 0 Å². The Balaban J connectivity index is 4.30. The van der Waals surface area contributed by atoms with Crippen LogP contribution in [0.2, 0.25) is 0 Å². The van der Waals surface area contributed by atoms with Crippen LogP contribution < -0.4 is 0 Å². The van der Waals surface area contributed by atoms with Gasteiger partial charge in [-0.1, -0.05) is 160 Å². The lowest BCUT2D eigenvalue weighted by Crippen LogP contribution is -2.37. The number of ether oxygens (including phenoxy) is 2. The predicted molar refractivity (Wildman–Crippen MR) is 237 cm³/mol. The van der Waals surface area contributed by atoms with E-state index in [4.69, 9.17) is 18.5 Å². The highest BCUT2D eigenvalue weighted by atomic mass is 33.1. The van der Waals surface area contributed by atoms with Crippen LogP contribution in [0.4, 0.5) is 0 Å². The van der Waals surface area contributed by atoms with Crippen LogP contribution in [0.15, 0.2) is 0 Å². The highest BCUT2D eigenvalue weighted by Crippen LogP contribution is 2.43. The molecule has 0 saturated carbocycles. The van der Waals surface area contributed by atoms with Gasteiger partial charge in [0.2, 0.25) is 0 Å². The lowest BCUT2D eigenvalue weighted by Gasteiger charge is -2.24. The third-order valence-corrected chi connectivity index (χ3v) is 14.9. The zero-order valence-corrected chi connectivity index (χ0v) is 39.2. The highest BCUT2D eigenvalue weighted by Gasteiger charge is 2.27. The van der Waals surface area contributed by atoms with Crippen LogP contribution in [0, 0.1) is 0 Å². The predicted octanol–water partition coefficient (Wildman–Crippen LogP) is 12.4. The normalized spacial score (nSPS) is 13.5. The SMILES string of the molecule is CCCCCCCCCCSSCCCCCC(=O)OCC(COP(=O)(O)OCC[N+](C)(C)C)OC(=O)CCCCCSSCCCCCCCCCC. The lowest BCUT2D eigenvalue weighted by molar-refractivity contribution is -0.870. The van der Waals surface area contributed by atoms with E-state index in [-0.39, 0.29) is 32.0 Å². The van der Waals surface area contributed by atoms with E-state index in [0.29, 0.717) is 17.4 Å². The average molecular weight is 863 g/mol. The number of likely N-dealkylation sites (N-methyl/N-ethyl adjacent to an activating group) is 1. The van der Waals surface area contributed by atoms with Crippen molar-refractivity contribution in [2.24, 2.45) is 0 Å². The summed E-state index contributed by atoms with van der Waals surface area (Å²) in [5, 5.41) is 0. The number of esters is 2. The summed E-state index contributed by atoms with van der Waals surface area (Å²) in [6.45, 7) is 4.41. The summed E-state index contributed by atoms with van der Waals surface area (Å²) in [5.74, 6) is 3.71. The number of nitrogens with zero attached hydrogens (tertiary/aromatic N) is 1. The fourth-order valence-corrected chi connectivity index (χ4v) is 10.6. The highest BCUT2D eigenvalue weighted by molar-refractivity contribution is 8.77. The van der Waals surface area contributed by atoms with Crippen molar-refractivity contribution >= 4 is 62.9 Å². The topological polar surface area (TPSA) is 108 Å². The van der Waals surface area contributed by atoms with Gasteiger partial charge in [-0.15, -0.1) is 0 Å². The molecule has 9 nitrogen and oxygen atoms in total. The molecule has 0 rings (SSSR count). The quantitative estimate of drug-likeness (QED) is 0.0207. The summed E-state index contributed by atoms with van der Waals surface area (Å²) >= 11 is 0. The molecule has 0 fully saturated rings. The summed E-state index contributed by atoms with van der Waals surface area (Å²) in [6.07, 6.45) is 26.4. The molecule has 54 heavy (non-hydrogen) atoms. The molecule has 0 aromatic rings. The Labute approximate surface area is 347 Å². The van der Waals surface area contributed by atoms with Gasteiger partial charge in [-0.2, -0.15) is 0 Å². The van der Waals surface area contributed by atoms with Gasteiger partial charge in [0, 0.05) is 35.9 Å². The van der Waals surface area contributed by atoms with E-state index in [2.05, 4.69) is 13.8 Å². The molecule has 0 bridgehead atoms. The number of hydrogen-bond acceptors (Lipinski definition) is 11. The molecule has 2 unspecified atom stereocenters. The molecule has 0 radical (unpaired) electrons. The number of rotatable bonds is 42. The van der Waals surface area contributed by atoms with Gasteiger partial charge in [-0.05, 0) is 38.5 Å². The summed E-state index contributed by atoms with van der Waals surface area (Å²) in [6, 6.07) is 0. The van der Waals surface area contributed by atoms with Crippen LogP contribution >= 0.6 is 51.0 Å². The van der Waals surface area contributed by atoms with Gasteiger partial charge in [0.05, 0.1) is 27.7 Å². The minimum absolute atomic E-state index is 0.0309. The maximum Gasteiger partial charge on any atom is 0.472 e. The smallest absolute Gasteiger partial charge is 0.462 e. The second-order valence-corrected chi connectivity index (χ2v) is 22.1.